The van der Waals surface area contributed by atoms with Crippen molar-refractivity contribution in [2.45, 2.75) is 77.0 Å². The van der Waals surface area contributed by atoms with Gasteiger partial charge in [0, 0.05) is 5.02 Å². The molecule has 0 bridgehead atoms. The molecule has 0 amide bonds. The second-order valence-electron chi connectivity index (χ2n) is 9.36. The molecule has 0 atom stereocenters. The molecule has 2 aromatic carbocycles. The summed E-state index contributed by atoms with van der Waals surface area (Å²) in [5, 5.41) is 0.802. The molecule has 0 aliphatic heterocycles. The van der Waals surface area contributed by atoms with E-state index in [1.807, 2.05) is 19.1 Å². The van der Waals surface area contributed by atoms with Crippen LogP contribution in [0.5, 0.6) is 0 Å². The molecule has 0 aliphatic carbocycles. The van der Waals surface area contributed by atoms with Gasteiger partial charge >= 0.3 is 0 Å². The second-order valence-corrected chi connectivity index (χ2v) is 11.4. The first-order valence-corrected chi connectivity index (χ1v) is 14.6. The molecule has 34 heavy (non-hydrogen) atoms. The Bertz CT molecular complexity index is 923. The molecule has 0 unspecified atom stereocenters. The van der Waals surface area contributed by atoms with Crippen LogP contribution >= 0.6 is 11.6 Å². The summed E-state index contributed by atoms with van der Waals surface area (Å²) in [6.07, 6.45) is 8.89. The van der Waals surface area contributed by atoms with Gasteiger partial charge in [-0.25, -0.2) is 0 Å². The van der Waals surface area contributed by atoms with Crippen molar-refractivity contribution in [3.63, 3.8) is 0 Å². The molecule has 6 heteroatoms. The lowest BCUT2D eigenvalue weighted by atomic mass is 10.1. The van der Waals surface area contributed by atoms with E-state index in [4.69, 9.17) is 15.8 Å². The monoisotopic (exact) mass is 508 g/mol. The van der Waals surface area contributed by atoms with Crippen LogP contribution in [0.4, 0.5) is 0 Å². The minimum Gasteiger partial charge on any atom is -0.324 e. The highest BCUT2D eigenvalue weighted by molar-refractivity contribution is 7.86. The SMILES string of the molecule is CC[N+](CC)(CCCCCCCOS(=O)(=O)c1ccc(C)cc1)CCCCc1ccc(Cl)cc1. The Morgan fingerprint density at radius 2 is 1.32 bits per heavy atom. The maximum Gasteiger partial charge on any atom is 0.296 e. The predicted molar refractivity (Wildman–Crippen MR) is 143 cm³/mol. The summed E-state index contributed by atoms with van der Waals surface area (Å²) in [4.78, 5) is 0.236. The Labute approximate surface area is 213 Å². The van der Waals surface area contributed by atoms with Crippen molar-refractivity contribution in [3.8, 4) is 0 Å². The van der Waals surface area contributed by atoms with Gasteiger partial charge in [0.05, 0.1) is 37.7 Å². The van der Waals surface area contributed by atoms with E-state index < -0.39 is 10.1 Å². The zero-order chi connectivity index (χ0) is 24.9. The molecule has 0 saturated heterocycles. The Hall–Kier alpha value is -1.40. The van der Waals surface area contributed by atoms with E-state index in [2.05, 4.69) is 26.0 Å². The van der Waals surface area contributed by atoms with Crippen LogP contribution in [0, 0.1) is 6.92 Å². The van der Waals surface area contributed by atoms with Crippen molar-refractivity contribution in [2.75, 3.05) is 32.8 Å². The molecule has 0 heterocycles. The lowest BCUT2D eigenvalue weighted by Crippen LogP contribution is -2.49. The third-order valence-corrected chi connectivity index (χ3v) is 8.51. The van der Waals surface area contributed by atoms with Crippen molar-refractivity contribution in [2.24, 2.45) is 0 Å². The van der Waals surface area contributed by atoms with E-state index in [0.717, 1.165) is 36.3 Å². The molecule has 0 N–H and O–H groups in total. The molecule has 0 aromatic heterocycles. The van der Waals surface area contributed by atoms with Crippen LogP contribution in [0.1, 0.15) is 69.9 Å². The Balaban J connectivity index is 1.59. The van der Waals surface area contributed by atoms with Crippen molar-refractivity contribution < 1.29 is 17.1 Å². The number of nitrogens with zero attached hydrogens (tertiary/aromatic N) is 1. The first-order chi connectivity index (χ1) is 16.3. The fraction of sp³-hybridized carbons (Fsp3) is 0.571. The molecule has 0 spiro atoms. The average molecular weight is 509 g/mol. The standard InChI is InChI=1S/C28H43ClNO3S/c1-4-30(5-2,23-11-9-13-26-16-18-27(29)19-17-26)22-10-7-6-8-12-24-33-34(31,32)28-20-14-25(3)15-21-28/h14-21H,4-13,22-24H2,1-3H3/q+1. The maximum atomic E-state index is 12.2. The third kappa shape index (κ3) is 10.1. The summed E-state index contributed by atoms with van der Waals surface area (Å²) in [5.74, 6) is 0. The van der Waals surface area contributed by atoms with Crippen LogP contribution < -0.4 is 0 Å². The highest BCUT2D eigenvalue weighted by atomic mass is 35.5. The Morgan fingerprint density at radius 1 is 0.765 bits per heavy atom. The summed E-state index contributed by atoms with van der Waals surface area (Å²) in [6, 6.07) is 15.0. The fourth-order valence-electron chi connectivity index (χ4n) is 4.42. The normalized spacial score (nSPS) is 12.2. The van der Waals surface area contributed by atoms with E-state index in [1.54, 1.807) is 24.3 Å². The number of benzene rings is 2. The van der Waals surface area contributed by atoms with Gasteiger partial charge in [0.15, 0.2) is 0 Å². The van der Waals surface area contributed by atoms with Crippen LogP contribution in [-0.2, 0) is 20.7 Å². The highest BCUT2D eigenvalue weighted by Crippen LogP contribution is 2.17. The molecule has 0 saturated carbocycles. The summed E-state index contributed by atoms with van der Waals surface area (Å²) in [7, 11) is -3.64. The quantitative estimate of drug-likeness (QED) is 0.129. The number of hydrogen-bond donors (Lipinski definition) is 0. The maximum absolute atomic E-state index is 12.2. The molecular weight excluding hydrogens is 466 g/mol. The highest BCUT2D eigenvalue weighted by Gasteiger charge is 2.22. The van der Waals surface area contributed by atoms with Crippen molar-refractivity contribution >= 4 is 21.7 Å². The molecule has 2 aromatic rings. The summed E-state index contributed by atoms with van der Waals surface area (Å²) >= 11 is 5.98. The fourth-order valence-corrected chi connectivity index (χ4v) is 5.49. The van der Waals surface area contributed by atoms with E-state index in [0.29, 0.717) is 0 Å². The summed E-state index contributed by atoms with van der Waals surface area (Å²) < 4.78 is 30.9. The topological polar surface area (TPSA) is 43.4 Å². The third-order valence-electron chi connectivity index (χ3n) is 6.93. The van der Waals surface area contributed by atoms with Crippen molar-refractivity contribution in [1.82, 2.24) is 0 Å². The number of halogens is 1. The van der Waals surface area contributed by atoms with Gasteiger partial charge in [0.2, 0.25) is 0 Å². The first kappa shape index (κ1) is 28.8. The number of rotatable bonds is 17. The molecule has 2 rings (SSSR count). The molecular formula is C28H43ClNO3S+. The zero-order valence-electron chi connectivity index (χ0n) is 21.3. The van der Waals surface area contributed by atoms with Gasteiger partial charge in [-0.2, -0.15) is 8.42 Å². The van der Waals surface area contributed by atoms with Gasteiger partial charge in [0.25, 0.3) is 10.1 Å². The predicted octanol–water partition coefficient (Wildman–Crippen LogP) is 7.18. The number of aryl methyl sites for hydroxylation is 2. The van der Waals surface area contributed by atoms with Gasteiger partial charge in [-0.05, 0) is 89.1 Å². The van der Waals surface area contributed by atoms with Gasteiger partial charge < -0.3 is 4.48 Å². The lowest BCUT2D eigenvalue weighted by Gasteiger charge is -2.37. The zero-order valence-corrected chi connectivity index (χ0v) is 22.8. The minimum absolute atomic E-state index is 0.236. The molecule has 4 nitrogen and oxygen atoms in total. The second kappa shape index (κ2) is 14.9. The lowest BCUT2D eigenvalue weighted by molar-refractivity contribution is -0.925. The van der Waals surface area contributed by atoms with E-state index in [9.17, 15) is 8.42 Å². The van der Waals surface area contributed by atoms with E-state index in [1.165, 1.54) is 61.9 Å². The minimum atomic E-state index is -3.64. The summed E-state index contributed by atoms with van der Waals surface area (Å²) in [5.41, 5.74) is 2.40. The largest absolute Gasteiger partial charge is 0.324 e. The number of quaternary nitrogens is 1. The van der Waals surface area contributed by atoms with Crippen molar-refractivity contribution in [1.29, 1.82) is 0 Å². The van der Waals surface area contributed by atoms with E-state index in [-0.39, 0.29) is 11.5 Å². The van der Waals surface area contributed by atoms with Crippen LogP contribution in [0.3, 0.4) is 0 Å². The van der Waals surface area contributed by atoms with Gasteiger partial charge in [-0.1, -0.05) is 54.3 Å². The first-order valence-electron chi connectivity index (χ1n) is 12.9. The summed E-state index contributed by atoms with van der Waals surface area (Å²) in [6.45, 7) is 11.7. The Kier molecular flexibility index (Phi) is 12.6. The van der Waals surface area contributed by atoms with Crippen LogP contribution in [0.25, 0.3) is 0 Å². The number of unbranched alkanes of at least 4 members (excludes halogenated alkanes) is 5. The Morgan fingerprint density at radius 3 is 1.94 bits per heavy atom. The van der Waals surface area contributed by atoms with Gasteiger partial charge in [0.1, 0.15) is 0 Å². The average Bonchev–Trinajstić information content (AvgIpc) is 2.83. The molecule has 0 aliphatic rings. The van der Waals surface area contributed by atoms with Crippen molar-refractivity contribution in [3.05, 3.63) is 64.7 Å². The molecule has 190 valence electrons. The van der Waals surface area contributed by atoms with E-state index >= 15 is 0 Å². The van der Waals surface area contributed by atoms with Crippen LogP contribution in [-0.4, -0.2) is 45.7 Å². The van der Waals surface area contributed by atoms with Crippen LogP contribution in [0.2, 0.25) is 5.02 Å². The number of hydrogen-bond acceptors (Lipinski definition) is 3. The smallest absolute Gasteiger partial charge is 0.296 e. The van der Waals surface area contributed by atoms with Crippen LogP contribution in [0.15, 0.2) is 53.4 Å². The van der Waals surface area contributed by atoms with Gasteiger partial charge in [-0.3, -0.25) is 4.18 Å². The molecule has 0 fully saturated rings. The molecule has 0 radical (unpaired) electrons. The van der Waals surface area contributed by atoms with Gasteiger partial charge in [-0.15, -0.1) is 0 Å².